The average molecular weight is 357 g/mol. The van der Waals surface area contributed by atoms with Gasteiger partial charge < -0.3 is 9.47 Å². The van der Waals surface area contributed by atoms with Crippen molar-refractivity contribution in [1.29, 1.82) is 0 Å². The van der Waals surface area contributed by atoms with Gasteiger partial charge in [-0.3, -0.25) is 9.59 Å². The van der Waals surface area contributed by atoms with Gasteiger partial charge in [0.25, 0.3) is 5.56 Å². The van der Waals surface area contributed by atoms with Gasteiger partial charge in [0.1, 0.15) is 0 Å². The zero-order valence-corrected chi connectivity index (χ0v) is 15.1. The number of fused-ring (bicyclic) bond motifs is 1. The monoisotopic (exact) mass is 356 g/mol. The second kappa shape index (κ2) is 6.34. The average Bonchev–Trinajstić information content (AvgIpc) is 3.40. The van der Waals surface area contributed by atoms with E-state index in [0.29, 0.717) is 29.6 Å². The number of halogens is 1. The third-order valence-electron chi connectivity index (χ3n) is 5.19. The summed E-state index contributed by atoms with van der Waals surface area (Å²) >= 11 is 6.13. The van der Waals surface area contributed by atoms with Crippen LogP contribution in [-0.2, 0) is 24.3 Å². The Bertz CT molecular complexity index is 899. The zero-order valence-electron chi connectivity index (χ0n) is 14.3. The minimum absolute atomic E-state index is 0.0594. The first-order valence-corrected chi connectivity index (χ1v) is 9.18. The fourth-order valence-corrected chi connectivity index (χ4v) is 3.79. The van der Waals surface area contributed by atoms with Crippen molar-refractivity contribution in [2.75, 3.05) is 6.54 Å². The molecule has 0 unspecified atom stereocenters. The molecule has 0 atom stereocenters. The molecule has 1 aliphatic carbocycles. The molecule has 0 saturated heterocycles. The predicted molar refractivity (Wildman–Crippen MR) is 98.7 cm³/mol. The molecule has 0 N–H and O–H groups in total. The summed E-state index contributed by atoms with van der Waals surface area (Å²) in [7, 11) is 0. The summed E-state index contributed by atoms with van der Waals surface area (Å²) in [6.45, 7) is 3.64. The second-order valence-corrected chi connectivity index (χ2v) is 7.53. The number of carbonyl (C=O) groups is 1. The molecule has 0 spiro atoms. The maximum atomic E-state index is 13.2. The zero-order chi connectivity index (χ0) is 17.6. The van der Waals surface area contributed by atoms with Gasteiger partial charge in [0.2, 0.25) is 5.91 Å². The molecule has 0 radical (unpaired) electrons. The van der Waals surface area contributed by atoms with Gasteiger partial charge in [-0.05, 0) is 48.1 Å². The van der Waals surface area contributed by atoms with E-state index in [1.165, 1.54) is 12.8 Å². The number of nitrogens with zero attached hydrogens (tertiary/aromatic N) is 2. The minimum Gasteiger partial charge on any atom is -0.338 e. The van der Waals surface area contributed by atoms with Gasteiger partial charge in [0.15, 0.2) is 0 Å². The van der Waals surface area contributed by atoms with Crippen molar-refractivity contribution >= 4 is 17.5 Å². The highest BCUT2D eigenvalue weighted by Gasteiger charge is 2.28. The van der Waals surface area contributed by atoms with E-state index in [4.69, 9.17) is 11.6 Å². The lowest BCUT2D eigenvalue weighted by atomic mass is 9.99. The lowest BCUT2D eigenvalue weighted by molar-refractivity contribution is -0.129. The molecule has 2 aliphatic rings. The highest BCUT2D eigenvalue weighted by Crippen LogP contribution is 2.32. The fraction of sp³-hybridized carbons (Fsp3) is 0.400. The van der Waals surface area contributed by atoms with Crippen molar-refractivity contribution in [2.45, 2.75) is 39.3 Å². The number of hydrogen-bond donors (Lipinski definition) is 0. The Morgan fingerprint density at radius 3 is 2.76 bits per heavy atom. The first-order valence-electron chi connectivity index (χ1n) is 8.80. The van der Waals surface area contributed by atoms with Crippen molar-refractivity contribution in [1.82, 2.24) is 9.47 Å². The van der Waals surface area contributed by atoms with E-state index in [2.05, 4.69) is 0 Å². The van der Waals surface area contributed by atoms with E-state index in [1.54, 1.807) is 6.92 Å². The Hall–Kier alpha value is -2.07. The number of aromatic nitrogens is 1. The normalized spacial score (nSPS) is 16.6. The molecule has 1 amide bonds. The lowest BCUT2D eigenvalue weighted by Gasteiger charge is -2.30. The van der Waals surface area contributed by atoms with E-state index in [1.807, 2.05) is 39.8 Å². The molecule has 4 rings (SSSR count). The van der Waals surface area contributed by atoms with Crippen LogP contribution in [0.3, 0.4) is 0 Å². The molecule has 5 heteroatoms. The number of benzene rings is 1. The highest BCUT2D eigenvalue weighted by atomic mass is 35.5. The van der Waals surface area contributed by atoms with Gasteiger partial charge in [-0.15, -0.1) is 0 Å². The molecule has 25 heavy (non-hydrogen) atoms. The molecule has 0 bridgehead atoms. The van der Waals surface area contributed by atoms with Gasteiger partial charge >= 0.3 is 0 Å². The molecule has 1 aliphatic heterocycles. The van der Waals surface area contributed by atoms with Crippen molar-refractivity contribution in [3.05, 3.63) is 57.0 Å². The smallest absolute Gasteiger partial charge is 0.258 e. The molecular weight excluding hydrogens is 336 g/mol. The summed E-state index contributed by atoms with van der Waals surface area (Å²) in [6, 6.07) is 9.38. The number of amides is 1. The van der Waals surface area contributed by atoms with Crippen LogP contribution < -0.4 is 5.56 Å². The Balaban J connectivity index is 1.86. The molecule has 4 nitrogen and oxygen atoms in total. The number of rotatable bonds is 3. The minimum atomic E-state index is 0.0594. The summed E-state index contributed by atoms with van der Waals surface area (Å²) in [5.74, 6) is 0.692. The van der Waals surface area contributed by atoms with E-state index in [9.17, 15) is 9.59 Å². The number of pyridine rings is 1. The van der Waals surface area contributed by atoms with Crippen molar-refractivity contribution in [3.8, 4) is 11.1 Å². The third-order valence-corrected chi connectivity index (χ3v) is 5.42. The molecule has 2 heterocycles. The molecule has 1 fully saturated rings. The van der Waals surface area contributed by atoms with Crippen LogP contribution in [0.5, 0.6) is 0 Å². The first kappa shape index (κ1) is 16.4. The lowest BCUT2D eigenvalue weighted by Crippen LogP contribution is -2.38. The van der Waals surface area contributed by atoms with Crippen LogP contribution in [0, 0.1) is 5.92 Å². The molecule has 1 aromatic carbocycles. The Kier molecular flexibility index (Phi) is 4.16. The quantitative estimate of drug-likeness (QED) is 0.844. The van der Waals surface area contributed by atoms with Crippen LogP contribution in [0.4, 0.5) is 0 Å². The maximum absolute atomic E-state index is 13.2. The summed E-state index contributed by atoms with van der Waals surface area (Å²) in [5.41, 5.74) is 3.75. The summed E-state index contributed by atoms with van der Waals surface area (Å²) in [4.78, 5) is 26.8. The van der Waals surface area contributed by atoms with Crippen molar-refractivity contribution in [3.63, 3.8) is 0 Å². The Morgan fingerprint density at radius 1 is 1.28 bits per heavy atom. The fourth-order valence-electron chi connectivity index (χ4n) is 3.60. The van der Waals surface area contributed by atoms with E-state index < -0.39 is 0 Å². The van der Waals surface area contributed by atoms with Crippen molar-refractivity contribution in [2.24, 2.45) is 5.92 Å². The van der Waals surface area contributed by atoms with Crippen LogP contribution in [0.25, 0.3) is 11.1 Å². The summed E-state index contributed by atoms with van der Waals surface area (Å²) in [5, 5.41) is 0.619. The van der Waals surface area contributed by atoms with Crippen LogP contribution in [0.1, 0.15) is 31.0 Å². The first-order chi connectivity index (χ1) is 12.0. The SMILES string of the molecule is CC(=O)N1CCc2c(cc(-c3cccc(Cl)c3)c(=O)n2CC2CC2)C1. The van der Waals surface area contributed by atoms with E-state index in [0.717, 1.165) is 29.8 Å². The van der Waals surface area contributed by atoms with Crippen LogP contribution in [0.2, 0.25) is 5.02 Å². The van der Waals surface area contributed by atoms with E-state index in [-0.39, 0.29) is 11.5 Å². The Labute approximate surface area is 152 Å². The van der Waals surface area contributed by atoms with Gasteiger partial charge in [-0.2, -0.15) is 0 Å². The second-order valence-electron chi connectivity index (χ2n) is 7.09. The van der Waals surface area contributed by atoms with Crippen LogP contribution in [0.15, 0.2) is 35.1 Å². The number of carbonyl (C=O) groups excluding carboxylic acids is 1. The summed E-state index contributed by atoms with van der Waals surface area (Å²) < 4.78 is 1.96. The highest BCUT2D eigenvalue weighted by molar-refractivity contribution is 6.30. The number of hydrogen-bond acceptors (Lipinski definition) is 2. The Morgan fingerprint density at radius 2 is 2.08 bits per heavy atom. The molecule has 2 aromatic rings. The van der Waals surface area contributed by atoms with Gasteiger partial charge in [-0.25, -0.2) is 0 Å². The predicted octanol–water partition coefficient (Wildman–Crippen LogP) is 3.48. The summed E-state index contributed by atoms with van der Waals surface area (Å²) in [6.07, 6.45) is 3.14. The third kappa shape index (κ3) is 3.23. The van der Waals surface area contributed by atoms with Crippen molar-refractivity contribution < 1.29 is 4.79 Å². The van der Waals surface area contributed by atoms with E-state index >= 15 is 0 Å². The molecule has 1 aromatic heterocycles. The molecular formula is C20H21ClN2O2. The molecule has 130 valence electrons. The standard InChI is InChI=1S/C20H21ClN2O2/c1-13(24)22-8-7-19-16(12-22)10-18(15-3-2-4-17(21)9-15)20(25)23(19)11-14-5-6-14/h2-4,9-10,14H,5-8,11-12H2,1H3. The van der Waals surface area contributed by atoms with Gasteiger partial charge in [-0.1, -0.05) is 23.7 Å². The molecule has 1 saturated carbocycles. The van der Waals surface area contributed by atoms with Crippen LogP contribution in [-0.4, -0.2) is 21.9 Å². The maximum Gasteiger partial charge on any atom is 0.258 e. The topological polar surface area (TPSA) is 42.3 Å². The largest absolute Gasteiger partial charge is 0.338 e. The van der Waals surface area contributed by atoms with Crippen LogP contribution >= 0.6 is 11.6 Å². The van der Waals surface area contributed by atoms with Gasteiger partial charge in [0.05, 0.1) is 0 Å². The van der Waals surface area contributed by atoms with Gasteiger partial charge in [0, 0.05) is 49.3 Å².